The minimum atomic E-state index is -0.849. The van der Waals surface area contributed by atoms with E-state index in [2.05, 4.69) is 20.9 Å². The molecule has 4 aromatic rings. The van der Waals surface area contributed by atoms with Crippen LogP contribution < -0.4 is 25.2 Å². The number of rotatable bonds is 10. The number of methoxy groups -OCH3 is 2. The van der Waals surface area contributed by atoms with Crippen LogP contribution in [-0.2, 0) is 22.6 Å². The van der Waals surface area contributed by atoms with Crippen LogP contribution in [0.25, 0.3) is 5.52 Å². The van der Waals surface area contributed by atoms with E-state index in [0.717, 1.165) is 11.1 Å². The highest BCUT2D eigenvalue weighted by Crippen LogP contribution is 2.29. The van der Waals surface area contributed by atoms with Crippen molar-refractivity contribution >= 4 is 29.3 Å². The zero-order chi connectivity index (χ0) is 31.9. The number of anilines is 1. The molecule has 13 nitrogen and oxygen atoms in total. The molecule has 0 aliphatic carbocycles. The predicted molar refractivity (Wildman–Crippen MR) is 162 cm³/mol. The first-order valence-corrected chi connectivity index (χ1v) is 13.9. The van der Waals surface area contributed by atoms with Crippen molar-refractivity contribution < 1.29 is 33.3 Å². The van der Waals surface area contributed by atoms with Crippen LogP contribution in [0.4, 0.5) is 10.6 Å². The second-order valence-electron chi connectivity index (χ2n) is 10.6. The van der Waals surface area contributed by atoms with Crippen molar-refractivity contribution in [2.45, 2.75) is 46.4 Å². The van der Waals surface area contributed by atoms with Crippen molar-refractivity contribution in [2.75, 3.05) is 25.7 Å². The van der Waals surface area contributed by atoms with Gasteiger partial charge < -0.3 is 23.8 Å². The van der Waals surface area contributed by atoms with Gasteiger partial charge >= 0.3 is 12.1 Å². The second kappa shape index (κ2) is 13.8. The van der Waals surface area contributed by atoms with Gasteiger partial charge in [-0.1, -0.05) is 24.3 Å². The van der Waals surface area contributed by atoms with Gasteiger partial charge in [0.05, 0.1) is 26.4 Å². The van der Waals surface area contributed by atoms with Crippen LogP contribution in [0.1, 0.15) is 59.7 Å². The van der Waals surface area contributed by atoms with Crippen molar-refractivity contribution in [1.82, 2.24) is 25.4 Å². The number of aromatic nitrogens is 3. The summed E-state index contributed by atoms with van der Waals surface area (Å²) in [6.07, 6.45) is 0.447. The molecule has 232 valence electrons. The summed E-state index contributed by atoms with van der Waals surface area (Å²) in [6.45, 7) is 7.66. The lowest BCUT2D eigenvalue weighted by molar-refractivity contribution is 0.0481. The molecule has 0 aliphatic rings. The van der Waals surface area contributed by atoms with E-state index >= 15 is 0 Å². The zero-order valence-electron chi connectivity index (χ0n) is 25.5. The maximum Gasteiger partial charge on any atom is 0.426 e. The molecule has 0 unspecified atom stereocenters. The molecular weight excluding hydrogens is 568 g/mol. The average Bonchev–Trinajstić information content (AvgIpc) is 3.40. The number of nitrogens with one attached hydrogen (secondary N) is 2. The van der Waals surface area contributed by atoms with Gasteiger partial charge in [0.2, 0.25) is 0 Å². The summed E-state index contributed by atoms with van der Waals surface area (Å²) in [4.78, 5) is 45.1. The molecule has 0 spiro atoms. The summed E-state index contributed by atoms with van der Waals surface area (Å²) in [7, 11) is 3.20. The normalized spacial score (nSPS) is 11.0. The smallest absolute Gasteiger partial charge is 0.426 e. The van der Waals surface area contributed by atoms with Gasteiger partial charge in [-0.3, -0.25) is 10.2 Å². The Morgan fingerprint density at radius 1 is 0.886 bits per heavy atom. The molecular formula is C31H36N6O7. The highest BCUT2D eigenvalue weighted by molar-refractivity contribution is 6.05. The van der Waals surface area contributed by atoms with Crippen LogP contribution >= 0.6 is 0 Å². The quantitative estimate of drug-likeness (QED) is 0.198. The minimum Gasteiger partial charge on any atom is -0.497 e. The molecule has 0 fully saturated rings. The van der Waals surface area contributed by atoms with Crippen LogP contribution in [0, 0.1) is 0 Å². The molecule has 44 heavy (non-hydrogen) atoms. The van der Waals surface area contributed by atoms with Gasteiger partial charge in [-0.15, -0.1) is 0 Å². The minimum absolute atomic E-state index is 0.0309. The number of hydrazine groups is 1. The number of nitrogens with zero attached hydrogens (tertiary/aromatic N) is 4. The van der Waals surface area contributed by atoms with Crippen molar-refractivity contribution in [3.8, 4) is 11.5 Å². The van der Waals surface area contributed by atoms with E-state index < -0.39 is 23.6 Å². The van der Waals surface area contributed by atoms with E-state index in [-0.39, 0.29) is 23.4 Å². The average molecular weight is 605 g/mol. The Labute approximate surface area is 255 Å². The van der Waals surface area contributed by atoms with E-state index in [4.69, 9.17) is 18.9 Å². The van der Waals surface area contributed by atoms with Crippen molar-refractivity contribution in [3.05, 3.63) is 83.3 Å². The van der Waals surface area contributed by atoms with Crippen LogP contribution in [0.5, 0.6) is 11.5 Å². The van der Waals surface area contributed by atoms with Crippen LogP contribution in [0.2, 0.25) is 0 Å². The zero-order valence-corrected chi connectivity index (χ0v) is 25.5. The Balaban J connectivity index is 1.78. The number of esters is 1. The van der Waals surface area contributed by atoms with Crippen molar-refractivity contribution in [3.63, 3.8) is 0 Å². The third-order valence-electron chi connectivity index (χ3n) is 6.30. The van der Waals surface area contributed by atoms with Gasteiger partial charge in [0.1, 0.15) is 34.6 Å². The summed E-state index contributed by atoms with van der Waals surface area (Å²) < 4.78 is 22.4. The standard InChI is InChI=1S/C31H36N6O7/c1-7-43-29(39)24-16-25(28(38)34-35-30(40)44-31(2,3)4)37-26(24)27(32-19-33-37)36(17-20-8-12-22(41-5)13-9-20)18-21-10-14-23(42-6)15-11-21/h8-16,19H,7,17-18H2,1-6H3,(H,34,38)(H,35,40). The Kier molecular flexibility index (Phi) is 9.88. The summed E-state index contributed by atoms with van der Waals surface area (Å²) in [6, 6.07) is 16.5. The number of carbonyl (C=O) groups is 3. The third kappa shape index (κ3) is 7.73. The number of amides is 2. The SMILES string of the molecule is CCOC(=O)c1cc(C(=O)NNC(=O)OC(C)(C)C)n2ncnc(N(Cc3ccc(OC)cc3)Cc3ccc(OC)cc3)c12. The van der Waals surface area contributed by atoms with Gasteiger partial charge in [-0.25, -0.2) is 24.5 Å². The molecule has 0 saturated heterocycles. The molecule has 2 aromatic heterocycles. The number of ether oxygens (including phenoxy) is 4. The fourth-order valence-electron chi connectivity index (χ4n) is 4.37. The molecule has 2 amide bonds. The summed E-state index contributed by atoms with van der Waals surface area (Å²) in [5, 5.41) is 4.29. The molecule has 2 N–H and O–H groups in total. The van der Waals surface area contributed by atoms with Gasteiger partial charge in [0.15, 0.2) is 5.82 Å². The highest BCUT2D eigenvalue weighted by Gasteiger charge is 2.27. The highest BCUT2D eigenvalue weighted by atomic mass is 16.6. The Morgan fingerprint density at radius 3 is 1.95 bits per heavy atom. The van der Waals surface area contributed by atoms with E-state index in [1.54, 1.807) is 41.9 Å². The maximum absolute atomic E-state index is 13.3. The Morgan fingerprint density at radius 2 is 1.45 bits per heavy atom. The predicted octanol–water partition coefficient (Wildman–Crippen LogP) is 4.30. The Bertz CT molecular complexity index is 1560. The van der Waals surface area contributed by atoms with E-state index in [1.165, 1.54) is 16.9 Å². The van der Waals surface area contributed by atoms with Crippen LogP contribution in [0.15, 0.2) is 60.9 Å². The molecule has 2 aromatic carbocycles. The first-order valence-electron chi connectivity index (χ1n) is 13.9. The van der Waals surface area contributed by atoms with Crippen LogP contribution in [-0.4, -0.2) is 59.0 Å². The lowest BCUT2D eigenvalue weighted by Gasteiger charge is -2.25. The topological polar surface area (TPSA) is 146 Å². The van der Waals surface area contributed by atoms with E-state index in [9.17, 15) is 14.4 Å². The lowest BCUT2D eigenvalue weighted by Crippen LogP contribution is -2.44. The third-order valence-corrected chi connectivity index (χ3v) is 6.30. The molecule has 13 heteroatoms. The molecule has 0 atom stereocenters. The summed E-state index contributed by atoms with van der Waals surface area (Å²) >= 11 is 0. The number of fused-ring (bicyclic) bond motifs is 1. The molecule has 0 aliphatic heterocycles. The number of carbonyl (C=O) groups excluding carboxylic acids is 3. The Hall–Kier alpha value is -5.33. The first-order chi connectivity index (χ1) is 21.0. The van der Waals surface area contributed by atoms with Gasteiger partial charge in [0.25, 0.3) is 5.91 Å². The monoisotopic (exact) mass is 604 g/mol. The molecule has 4 rings (SSSR count). The van der Waals surface area contributed by atoms with Gasteiger partial charge in [0, 0.05) is 13.1 Å². The van der Waals surface area contributed by atoms with Gasteiger partial charge in [-0.05, 0) is 69.2 Å². The summed E-state index contributed by atoms with van der Waals surface area (Å²) in [5.41, 5.74) is 5.97. The fraction of sp³-hybridized carbons (Fsp3) is 0.323. The molecule has 0 bridgehead atoms. The number of hydrogen-bond acceptors (Lipinski definition) is 10. The first kappa shape index (κ1) is 31.6. The molecule has 2 heterocycles. The second-order valence-corrected chi connectivity index (χ2v) is 10.6. The molecule has 0 saturated carbocycles. The van der Waals surface area contributed by atoms with Crippen molar-refractivity contribution in [1.29, 1.82) is 0 Å². The lowest BCUT2D eigenvalue weighted by atomic mass is 10.1. The number of benzene rings is 2. The number of hydrogen-bond donors (Lipinski definition) is 2. The maximum atomic E-state index is 13.3. The van der Waals surface area contributed by atoms with E-state index in [1.807, 2.05) is 53.4 Å². The van der Waals surface area contributed by atoms with Crippen molar-refractivity contribution in [2.24, 2.45) is 0 Å². The summed E-state index contributed by atoms with van der Waals surface area (Å²) in [5.74, 6) is 0.421. The fourth-order valence-corrected chi connectivity index (χ4v) is 4.37. The van der Waals surface area contributed by atoms with E-state index in [0.29, 0.717) is 30.4 Å². The molecule has 0 radical (unpaired) electrons. The van der Waals surface area contributed by atoms with Gasteiger partial charge in [-0.2, -0.15) is 5.10 Å². The largest absolute Gasteiger partial charge is 0.497 e. The van der Waals surface area contributed by atoms with Crippen LogP contribution in [0.3, 0.4) is 0 Å².